The zero-order valence-corrected chi connectivity index (χ0v) is 12.4. The van der Waals surface area contributed by atoms with E-state index < -0.39 is 0 Å². The molecule has 2 heterocycles. The normalized spacial score (nSPS) is 22.6. The van der Waals surface area contributed by atoms with Crippen molar-refractivity contribution in [2.45, 2.75) is 25.8 Å². The maximum atomic E-state index is 4.59. The lowest BCUT2D eigenvalue weighted by Gasteiger charge is -2.04. The summed E-state index contributed by atoms with van der Waals surface area (Å²) in [6.07, 6.45) is 2.22. The van der Waals surface area contributed by atoms with Crippen molar-refractivity contribution < 1.29 is 0 Å². The van der Waals surface area contributed by atoms with Gasteiger partial charge in [-0.1, -0.05) is 18.7 Å². The average Bonchev–Trinajstić information content (AvgIpc) is 2.88. The van der Waals surface area contributed by atoms with Crippen LogP contribution in [-0.4, -0.2) is 23.5 Å². The zero-order chi connectivity index (χ0) is 11.4. The molecule has 1 aromatic rings. The van der Waals surface area contributed by atoms with Gasteiger partial charge in [-0.3, -0.25) is 4.99 Å². The summed E-state index contributed by atoms with van der Waals surface area (Å²) in [5.41, 5.74) is 0. The first-order valence-electron chi connectivity index (χ1n) is 5.46. The van der Waals surface area contributed by atoms with Gasteiger partial charge in [0.15, 0.2) is 5.17 Å². The van der Waals surface area contributed by atoms with Crippen molar-refractivity contribution in [3.8, 4) is 0 Å². The summed E-state index contributed by atoms with van der Waals surface area (Å²) in [6, 6.07) is 4.89. The van der Waals surface area contributed by atoms with Gasteiger partial charge >= 0.3 is 0 Å². The zero-order valence-electron chi connectivity index (χ0n) is 9.20. The molecule has 1 unspecified atom stereocenters. The van der Waals surface area contributed by atoms with E-state index in [0.29, 0.717) is 6.04 Å². The van der Waals surface area contributed by atoms with Crippen LogP contribution in [0.2, 0.25) is 0 Å². The van der Waals surface area contributed by atoms with Gasteiger partial charge in [0.1, 0.15) is 0 Å². The Morgan fingerprint density at radius 3 is 3.06 bits per heavy atom. The molecule has 1 atom stereocenters. The number of amidine groups is 1. The highest BCUT2D eigenvalue weighted by atomic mass is 79.9. The van der Waals surface area contributed by atoms with Crippen LogP contribution in [0, 0.1) is 0 Å². The van der Waals surface area contributed by atoms with Crippen LogP contribution in [0.25, 0.3) is 0 Å². The van der Waals surface area contributed by atoms with E-state index in [0.717, 1.165) is 18.1 Å². The van der Waals surface area contributed by atoms with E-state index >= 15 is 0 Å². The molecule has 88 valence electrons. The van der Waals surface area contributed by atoms with E-state index in [9.17, 15) is 0 Å². The minimum absolute atomic E-state index is 0.625. The summed E-state index contributed by atoms with van der Waals surface area (Å²) >= 11 is 7.12. The quantitative estimate of drug-likeness (QED) is 0.918. The largest absolute Gasteiger partial charge is 0.361 e. The van der Waals surface area contributed by atoms with E-state index in [1.165, 1.54) is 20.8 Å². The standard InChI is InChI=1S/C11H15BrN2S2/c1-2-8-7-15-11(14-8)13-6-5-9-3-4-10(12)16-9/h3-4,8H,2,5-7H2,1H3,(H,13,14). The second-order valence-corrected chi connectivity index (χ2v) is 7.26. The summed E-state index contributed by atoms with van der Waals surface area (Å²) in [7, 11) is 0. The van der Waals surface area contributed by atoms with Crippen LogP contribution in [0.15, 0.2) is 20.9 Å². The number of rotatable bonds is 4. The Morgan fingerprint density at radius 2 is 2.44 bits per heavy atom. The van der Waals surface area contributed by atoms with E-state index in [-0.39, 0.29) is 0 Å². The molecule has 16 heavy (non-hydrogen) atoms. The lowest BCUT2D eigenvalue weighted by atomic mass is 10.3. The third kappa shape index (κ3) is 3.50. The van der Waals surface area contributed by atoms with Crippen molar-refractivity contribution in [2.75, 3.05) is 12.3 Å². The Hall–Kier alpha value is -0.0000000000000000278. The van der Waals surface area contributed by atoms with Gasteiger partial charge in [-0.15, -0.1) is 11.3 Å². The Morgan fingerprint density at radius 1 is 1.56 bits per heavy atom. The number of nitrogens with one attached hydrogen (secondary N) is 1. The number of aliphatic imine (C=N–C) groups is 1. The van der Waals surface area contributed by atoms with Crippen LogP contribution in [0.5, 0.6) is 0 Å². The average molecular weight is 319 g/mol. The highest BCUT2D eigenvalue weighted by Crippen LogP contribution is 2.22. The minimum Gasteiger partial charge on any atom is -0.361 e. The second kappa shape index (κ2) is 6.07. The van der Waals surface area contributed by atoms with E-state index in [1.807, 2.05) is 11.8 Å². The molecule has 1 fully saturated rings. The molecular formula is C11H15BrN2S2. The highest BCUT2D eigenvalue weighted by Gasteiger charge is 2.17. The van der Waals surface area contributed by atoms with Crippen LogP contribution in [-0.2, 0) is 6.42 Å². The van der Waals surface area contributed by atoms with E-state index in [4.69, 9.17) is 0 Å². The lowest BCUT2D eigenvalue weighted by Crippen LogP contribution is -2.25. The van der Waals surface area contributed by atoms with Crippen molar-refractivity contribution >= 4 is 44.2 Å². The summed E-state index contributed by atoms with van der Waals surface area (Å²) in [5.74, 6) is 1.17. The first-order chi connectivity index (χ1) is 7.78. The number of halogens is 1. The summed E-state index contributed by atoms with van der Waals surface area (Å²) in [5, 5.41) is 4.57. The Labute approximate surface area is 113 Å². The third-order valence-electron chi connectivity index (χ3n) is 2.48. The molecule has 0 aliphatic carbocycles. The van der Waals surface area contributed by atoms with Gasteiger partial charge in [0.2, 0.25) is 0 Å². The molecular weight excluding hydrogens is 304 g/mol. The smallest absolute Gasteiger partial charge is 0.156 e. The van der Waals surface area contributed by atoms with Crippen LogP contribution < -0.4 is 5.32 Å². The van der Waals surface area contributed by atoms with Crippen LogP contribution in [0.4, 0.5) is 0 Å². The molecule has 0 spiro atoms. The van der Waals surface area contributed by atoms with Gasteiger partial charge < -0.3 is 5.32 Å². The molecule has 0 aromatic carbocycles. The van der Waals surface area contributed by atoms with Crippen molar-refractivity contribution in [3.63, 3.8) is 0 Å². The predicted molar refractivity (Wildman–Crippen MR) is 77.7 cm³/mol. The molecule has 1 aliphatic heterocycles. The van der Waals surface area contributed by atoms with Crippen LogP contribution in [0.3, 0.4) is 0 Å². The Balaban J connectivity index is 1.77. The number of hydrogen-bond acceptors (Lipinski definition) is 3. The van der Waals surface area contributed by atoms with Crippen molar-refractivity contribution in [1.29, 1.82) is 0 Å². The topological polar surface area (TPSA) is 24.4 Å². The molecule has 1 aliphatic rings. The van der Waals surface area contributed by atoms with Crippen molar-refractivity contribution in [3.05, 3.63) is 20.8 Å². The van der Waals surface area contributed by atoms with Gasteiger partial charge in [0.25, 0.3) is 0 Å². The fourth-order valence-electron chi connectivity index (χ4n) is 1.50. The number of nitrogens with zero attached hydrogens (tertiary/aromatic N) is 1. The highest BCUT2D eigenvalue weighted by molar-refractivity contribution is 9.11. The predicted octanol–water partition coefficient (Wildman–Crippen LogP) is 3.52. The molecule has 0 radical (unpaired) electrons. The Kier molecular flexibility index (Phi) is 4.73. The molecule has 1 aromatic heterocycles. The molecule has 1 saturated heterocycles. The maximum absolute atomic E-state index is 4.59. The Bertz CT molecular complexity index is 376. The van der Waals surface area contributed by atoms with Gasteiger partial charge in [-0.25, -0.2) is 0 Å². The first kappa shape index (κ1) is 12.5. The summed E-state index contributed by atoms with van der Waals surface area (Å²) in [6.45, 7) is 3.10. The van der Waals surface area contributed by atoms with Crippen LogP contribution in [0.1, 0.15) is 18.2 Å². The van der Waals surface area contributed by atoms with Gasteiger partial charge in [0, 0.05) is 29.6 Å². The third-order valence-corrected chi connectivity index (χ3v) is 5.26. The fraction of sp³-hybridized carbons (Fsp3) is 0.545. The number of thioether (sulfide) groups is 1. The first-order valence-corrected chi connectivity index (χ1v) is 8.05. The second-order valence-electron chi connectivity index (χ2n) is 3.70. The molecule has 0 saturated carbocycles. The molecule has 5 heteroatoms. The summed E-state index contributed by atoms with van der Waals surface area (Å²) in [4.78, 5) is 5.98. The molecule has 0 bridgehead atoms. The molecule has 2 rings (SSSR count). The van der Waals surface area contributed by atoms with Gasteiger partial charge in [-0.05, 0) is 34.5 Å². The number of hydrogen-bond donors (Lipinski definition) is 1. The van der Waals surface area contributed by atoms with Crippen molar-refractivity contribution in [2.24, 2.45) is 4.99 Å². The van der Waals surface area contributed by atoms with Gasteiger partial charge in [-0.2, -0.15) is 0 Å². The molecule has 0 amide bonds. The fourth-order valence-corrected chi connectivity index (χ4v) is 4.08. The molecule has 1 N–H and O–H groups in total. The monoisotopic (exact) mass is 318 g/mol. The van der Waals surface area contributed by atoms with Gasteiger partial charge in [0.05, 0.1) is 3.79 Å². The van der Waals surface area contributed by atoms with Crippen LogP contribution >= 0.6 is 39.0 Å². The number of thiophene rings is 1. The van der Waals surface area contributed by atoms with E-state index in [1.54, 1.807) is 11.3 Å². The minimum atomic E-state index is 0.625. The summed E-state index contributed by atoms with van der Waals surface area (Å²) < 4.78 is 1.20. The van der Waals surface area contributed by atoms with Crippen molar-refractivity contribution in [1.82, 2.24) is 5.32 Å². The maximum Gasteiger partial charge on any atom is 0.156 e. The molecule has 2 nitrogen and oxygen atoms in total. The SMILES string of the molecule is CCC1CSC(=NCCc2ccc(Br)s2)N1. The lowest BCUT2D eigenvalue weighted by molar-refractivity contribution is 0.667. The van der Waals surface area contributed by atoms with E-state index in [2.05, 4.69) is 45.3 Å².